The van der Waals surface area contributed by atoms with Gasteiger partial charge in [0, 0.05) is 23.5 Å². The lowest BCUT2D eigenvalue weighted by molar-refractivity contribution is -0.384. The van der Waals surface area contributed by atoms with Crippen LogP contribution in [0.15, 0.2) is 54.9 Å². The number of hydrogen-bond donors (Lipinski definition) is 2. The molecule has 0 bridgehead atoms. The van der Waals surface area contributed by atoms with Crippen molar-refractivity contribution >= 4 is 40.4 Å². The largest absolute Gasteiger partial charge is 0.462 e. The van der Waals surface area contributed by atoms with E-state index in [1.807, 2.05) is 0 Å². The lowest BCUT2D eigenvalue weighted by Gasteiger charge is -2.10. The van der Waals surface area contributed by atoms with E-state index < -0.39 is 21.5 Å². The first-order valence-corrected chi connectivity index (χ1v) is 8.94. The second-order valence-electron chi connectivity index (χ2n) is 6.03. The van der Waals surface area contributed by atoms with Crippen molar-refractivity contribution in [1.29, 1.82) is 0 Å². The summed E-state index contributed by atoms with van der Waals surface area (Å²) in [7, 11) is 0. The van der Waals surface area contributed by atoms with Gasteiger partial charge in [-0.15, -0.1) is 0 Å². The molecule has 0 amide bonds. The average molecular weight is 424 g/mol. The quantitative estimate of drug-likeness (QED) is 0.307. The summed E-state index contributed by atoms with van der Waals surface area (Å²) in [4.78, 5) is 40.9. The highest BCUT2D eigenvalue weighted by Crippen LogP contribution is 2.33. The van der Waals surface area contributed by atoms with Crippen LogP contribution < -0.4 is 10.6 Å². The highest BCUT2D eigenvalue weighted by molar-refractivity contribution is 5.90. The van der Waals surface area contributed by atoms with Crippen molar-refractivity contribution in [3.63, 3.8) is 0 Å². The first-order valence-electron chi connectivity index (χ1n) is 8.94. The fourth-order valence-corrected chi connectivity index (χ4v) is 2.61. The smallest absolute Gasteiger partial charge is 0.353 e. The Labute approximate surface area is 175 Å². The van der Waals surface area contributed by atoms with E-state index in [4.69, 9.17) is 4.74 Å². The van der Waals surface area contributed by atoms with Crippen molar-refractivity contribution in [2.45, 2.75) is 6.92 Å². The summed E-state index contributed by atoms with van der Waals surface area (Å²) in [5.74, 6) is -0.728. The minimum Gasteiger partial charge on any atom is -0.462 e. The number of benzene rings is 2. The third-order valence-electron chi connectivity index (χ3n) is 3.98. The maximum Gasteiger partial charge on any atom is 0.353 e. The number of carbonyl (C=O) groups excluding carboxylic acids is 1. The number of anilines is 4. The third kappa shape index (κ3) is 5.06. The van der Waals surface area contributed by atoms with Gasteiger partial charge in [0.15, 0.2) is 0 Å². The Morgan fingerprint density at radius 1 is 0.968 bits per heavy atom. The predicted octanol–water partition coefficient (Wildman–Crippen LogP) is 3.96. The molecule has 2 aromatic carbocycles. The Bertz CT molecular complexity index is 1130. The van der Waals surface area contributed by atoms with Crippen molar-refractivity contribution in [1.82, 2.24) is 9.97 Å². The number of nitrogens with one attached hydrogen (secondary N) is 2. The molecule has 12 heteroatoms. The molecular formula is C19H16N6O6. The van der Waals surface area contributed by atoms with Gasteiger partial charge in [0.05, 0.1) is 22.0 Å². The minimum atomic E-state index is -0.672. The summed E-state index contributed by atoms with van der Waals surface area (Å²) in [6.45, 7) is 1.94. The van der Waals surface area contributed by atoms with Gasteiger partial charge in [-0.1, -0.05) is 6.07 Å². The minimum absolute atomic E-state index is 0.100. The fourth-order valence-electron chi connectivity index (χ4n) is 2.61. The molecule has 3 aromatic rings. The monoisotopic (exact) mass is 424 g/mol. The molecular weight excluding hydrogens is 408 g/mol. The maximum atomic E-state index is 11.7. The van der Waals surface area contributed by atoms with Gasteiger partial charge in [0.25, 0.3) is 5.69 Å². The van der Waals surface area contributed by atoms with Crippen molar-refractivity contribution in [2.75, 3.05) is 17.2 Å². The Morgan fingerprint density at radius 2 is 1.61 bits per heavy atom. The first kappa shape index (κ1) is 21.1. The molecule has 2 N–H and O–H groups in total. The molecule has 0 fully saturated rings. The molecule has 3 rings (SSSR count). The van der Waals surface area contributed by atoms with Gasteiger partial charge in [0.2, 0.25) is 11.6 Å². The number of nitro benzene ring substituents is 1. The number of nitro groups is 2. The van der Waals surface area contributed by atoms with Crippen LogP contribution in [-0.4, -0.2) is 32.4 Å². The topological polar surface area (TPSA) is 162 Å². The van der Waals surface area contributed by atoms with Crippen LogP contribution in [0.1, 0.15) is 17.3 Å². The fraction of sp³-hybridized carbons (Fsp3) is 0.105. The van der Waals surface area contributed by atoms with E-state index in [0.29, 0.717) is 11.3 Å². The summed E-state index contributed by atoms with van der Waals surface area (Å²) >= 11 is 0. The van der Waals surface area contributed by atoms with Gasteiger partial charge in [-0.05, 0) is 37.3 Å². The van der Waals surface area contributed by atoms with Crippen LogP contribution >= 0.6 is 0 Å². The summed E-state index contributed by atoms with van der Waals surface area (Å²) in [6.07, 6.45) is 1.11. The molecule has 0 unspecified atom stereocenters. The van der Waals surface area contributed by atoms with Gasteiger partial charge in [-0.3, -0.25) is 20.2 Å². The number of rotatable bonds is 8. The van der Waals surface area contributed by atoms with Gasteiger partial charge in [-0.2, -0.15) is 0 Å². The molecule has 0 aliphatic rings. The highest BCUT2D eigenvalue weighted by atomic mass is 16.6. The molecule has 0 radical (unpaired) electrons. The molecule has 0 aliphatic heterocycles. The molecule has 158 valence electrons. The van der Waals surface area contributed by atoms with E-state index in [1.165, 1.54) is 36.4 Å². The highest BCUT2D eigenvalue weighted by Gasteiger charge is 2.24. The van der Waals surface area contributed by atoms with Gasteiger partial charge < -0.3 is 15.4 Å². The number of aromatic nitrogens is 2. The van der Waals surface area contributed by atoms with Crippen molar-refractivity contribution in [2.24, 2.45) is 0 Å². The number of non-ortho nitro benzene ring substituents is 1. The molecule has 12 nitrogen and oxygen atoms in total. The summed E-state index contributed by atoms with van der Waals surface area (Å²) in [5.41, 5.74) is 0.389. The van der Waals surface area contributed by atoms with E-state index in [-0.39, 0.29) is 29.6 Å². The zero-order valence-corrected chi connectivity index (χ0v) is 16.1. The molecule has 0 aliphatic carbocycles. The number of ether oxygens (including phenoxy) is 1. The van der Waals surface area contributed by atoms with Crippen LogP contribution in [0.3, 0.4) is 0 Å². The van der Waals surface area contributed by atoms with E-state index in [9.17, 15) is 25.0 Å². The summed E-state index contributed by atoms with van der Waals surface area (Å²) in [5, 5.41) is 28.2. The molecule has 0 spiro atoms. The van der Waals surface area contributed by atoms with Gasteiger partial charge >= 0.3 is 11.7 Å². The van der Waals surface area contributed by atoms with E-state index >= 15 is 0 Å². The van der Waals surface area contributed by atoms with Gasteiger partial charge in [-0.25, -0.2) is 14.8 Å². The lowest BCUT2D eigenvalue weighted by atomic mass is 10.2. The van der Waals surface area contributed by atoms with Crippen LogP contribution in [-0.2, 0) is 4.74 Å². The van der Waals surface area contributed by atoms with Crippen LogP contribution in [0, 0.1) is 20.2 Å². The molecule has 0 saturated carbocycles. The van der Waals surface area contributed by atoms with Crippen LogP contribution in [0.5, 0.6) is 0 Å². The third-order valence-corrected chi connectivity index (χ3v) is 3.98. The van der Waals surface area contributed by atoms with Crippen LogP contribution in [0.4, 0.5) is 34.4 Å². The zero-order chi connectivity index (χ0) is 22.4. The van der Waals surface area contributed by atoms with E-state index in [1.54, 1.807) is 19.1 Å². The van der Waals surface area contributed by atoms with Crippen molar-refractivity contribution < 1.29 is 19.4 Å². The Morgan fingerprint density at radius 3 is 2.19 bits per heavy atom. The standard InChI is InChI=1S/C19H16N6O6/c1-2-31-19(26)12-6-8-13(9-7-12)22-17-16(25(29)30)18(21-11-20-17)23-14-4-3-5-15(10-14)24(27)28/h3-11H,2H2,1H3,(H2,20,21,22,23). The van der Waals surface area contributed by atoms with Crippen LogP contribution in [0.25, 0.3) is 0 Å². The van der Waals surface area contributed by atoms with E-state index in [0.717, 1.165) is 6.33 Å². The summed E-state index contributed by atoms with van der Waals surface area (Å²) < 4.78 is 4.91. The SMILES string of the molecule is CCOC(=O)c1ccc(Nc2ncnc(Nc3cccc([N+](=O)[O-])c3)c2[N+](=O)[O-])cc1. The number of nitrogens with zero attached hydrogens (tertiary/aromatic N) is 4. The van der Waals surface area contributed by atoms with Crippen LogP contribution in [0.2, 0.25) is 0 Å². The number of carbonyl (C=O) groups is 1. The van der Waals surface area contributed by atoms with Crippen molar-refractivity contribution in [3.8, 4) is 0 Å². The Balaban J connectivity index is 1.88. The predicted molar refractivity (Wildman–Crippen MR) is 111 cm³/mol. The first-order chi connectivity index (χ1) is 14.9. The average Bonchev–Trinajstić information content (AvgIpc) is 2.74. The molecule has 31 heavy (non-hydrogen) atoms. The molecule has 1 aromatic heterocycles. The molecule has 0 atom stereocenters. The lowest BCUT2D eigenvalue weighted by Crippen LogP contribution is -2.06. The van der Waals surface area contributed by atoms with E-state index in [2.05, 4.69) is 20.6 Å². The van der Waals surface area contributed by atoms with Crippen molar-refractivity contribution in [3.05, 3.63) is 80.7 Å². The zero-order valence-electron chi connectivity index (χ0n) is 16.1. The van der Waals surface area contributed by atoms with Gasteiger partial charge in [0.1, 0.15) is 6.33 Å². The number of hydrogen-bond acceptors (Lipinski definition) is 10. The number of esters is 1. The summed E-state index contributed by atoms with van der Waals surface area (Å²) in [6, 6.07) is 11.6. The second-order valence-corrected chi connectivity index (χ2v) is 6.03. The second kappa shape index (κ2) is 9.26. The Hall–Kier alpha value is -4.61. The maximum absolute atomic E-state index is 11.7. The molecule has 0 saturated heterocycles. The Kier molecular flexibility index (Phi) is 6.30. The normalized spacial score (nSPS) is 10.2. The molecule has 1 heterocycles.